The summed E-state index contributed by atoms with van der Waals surface area (Å²) in [5.74, 6) is -0.310. The van der Waals surface area contributed by atoms with Crippen LogP contribution in [-0.2, 0) is 16.4 Å². The number of rotatable bonds is 3. The first kappa shape index (κ1) is 18.3. The second kappa shape index (κ2) is 6.64. The highest BCUT2D eigenvalue weighted by Gasteiger charge is 2.31. The first-order valence-electron chi connectivity index (χ1n) is 7.55. The van der Waals surface area contributed by atoms with Gasteiger partial charge in [0.1, 0.15) is 6.26 Å². The Bertz CT molecular complexity index is 940. The van der Waals surface area contributed by atoms with E-state index in [9.17, 15) is 13.2 Å². The lowest BCUT2D eigenvalue weighted by Gasteiger charge is -2.35. The van der Waals surface area contributed by atoms with Gasteiger partial charge in [-0.2, -0.15) is 0 Å². The van der Waals surface area contributed by atoms with E-state index in [2.05, 4.69) is 4.72 Å². The summed E-state index contributed by atoms with van der Waals surface area (Å²) in [6, 6.07) is 4.48. The predicted molar refractivity (Wildman–Crippen MR) is 94.6 cm³/mol. The number of amides is 1. The highest BCUT2D eigenvalue weighted by molar-refractivity contribution is 7.89. The molecule has 6 nitrogen and oxygen atoms in total. The highest BCUT2D eigenvalue weighted by Crippen LogP contribution is 2.36. The van der Waals surface area contributed by atoms with E-state index in [-0.39, 0.29) is 22.6 Å². The van der Waals surface area contributed by atoms with E-state index < -0.39 is 10.0 Å². The van der Waals surface area contributed by atoms with Crippen LogP contribution in [0.5, 0.6) is 0 Å². The van der Waals surface area contributed by atoms with Crippen LogP contribution in [0.2, 0.25) is 10.0 Å². The molecule has 0 saturated heterocycles. The van der Waals surface area contributed by atoms with Crippen molar-refractivity contribution in [2.75, 3.05) is 13.6 Å². The molecule has 1 N–H and O–H groups in total. The molecule has 1 aromatic carbocycles. The largest absolute Gasteiger partial charge is 0.451 e. The van der Waals surface area contributed by atoms with Crippen molar-refractivity contribution in [3.8, 4) is 0 Å². The van der Waals surface area contributed by atoms with Gasteiger partial charge in [-0.15, -0.1) is 0 Å². The third-order valence-electron chi connectivity index (χ3n) is 4.33. The van der Waals surface area contributed by atoms with Crippen LogP contribution in [-0.4, -0.2) is 32.8 Å². The van der Waals surface area contributed by atoms with Crippen LogP contribution in [0.15, 0.2) is 34.0 Å². The third-order valence-corrected chi connectivity index (χ3v) is 6.17. The second-order valence-electron chi connectivity index (χ2n) is 5.74. The summed E-state index contributed by atoms with van der Waals surface area (Å²) in [6.45, 7) is 2.35. The lowest BCUT2D eigenvalue weighted by molar-refractivity contribution is 0.0677. The van der Waals surface area contributed by atoms with E-state index in [1.807, 2.05) is 6.92 Å². The topological polar surface area (TPSA) is 79.6 Å². The van der Waals surface area contributed by atoms with Gasteiger partial charge in [-0.05, 0) is 43.7 Å². The molecule has 0 fully saturated rings. The van der Waals surface area contributed by atoms with Crippen LogP contribution >= 0.6 is 23.2 Å². The van der Waals surface area contributed by atoms with E-state index in [1.54, 1.807) is 17.0 Å². The van der Waals surface area contributed by atoms with Crippen LogP contribution in [0, 0.1) is 0 Å². The molecule has 0 radical (unpaired) electrons. The zero-order valence-electron chi connectivity index (χ0n) is 13.5. The summed E-state index contributed by atoms with van der Waals surface area (Å²) in [6.07, 6.45) is 1.75. The molecule has 0 aliphatic carbocycles. The fourth-order valence-electron chi connectivity index (χ4n) is 2.97. The van der Waals surface area contributed by atoms with E-state index in [4.69, 9.17) is 27.6 Å². The summed E-state index contributed by atoms with van der Waals surface area (Å²) >= 11 is 12.3. The van der Waals surface area contributed by atoms with Gasteiger partial charge < -0.3 is 9.32 Å². The molecular weight excluding hydrogens is 387 g/mol. The molecule has 2 heterocycles. The Morgan fingerprint density at radius 3 is 2.72 bits per heavy atom. The number of hydrogen-bond donors (Lipinski definition) is 1. The SMILES string of the molecule is CNS(=O)(=O)c1cc(C(=O)N2CCc3c(Cl)cc(Cl)cc3C2C)co1. The van der Waals surface area contributed by atoms with Crippen molar-refractivity contribution in [3.05, 3.63) is 51.2 Å². The van der Waals surface area contributed by atoms with E-state index >= 15 is 0 Å². The number of benzene rings is 1. The molecule has 25 heavy (non-hydrogen) atoms. The van der Waals surface area contributed by atoms with Gasteiger partial charge in [-0.25, -0.2) is 13.1 Å². The Kier molecular flexibility index (Phi) is 4.85. The Balaban J connectivity index is 1.91. The van der Waals surface area contributed by atoms with Crippen LogP contribution in [0.1, 0.15) is 34.5 Å². The van der Waals surface area contributed by atoms with Crippen molar-refractivity contribution in [2.24, 2.45) is 0 Å². The molecule has 1 atom stereocenters. The maximum Gasteiger partial charge on any atom is 0.273 e. The molecule has 1 amide bonds. The van der Waals surface area contributed by atoms with E-state index in [0.717, 1.165) is 17.4 Å². The maximum absolute atomic E-state index is 12.8. The fourth-order valence-corrected chi connectivity index (χ4v) is 4.23. The standard InChI is InChI=1S/C16H16Cl2N2O4S/c1-9-13-6-11(17)7-14(18)12(13)3-4-20(9)16(21)10-5-15(24-8-10)25(22,23)19-2/h5-9,19H,3-4H2,1-2H3. The minimum Gasteiger partial charge on any atom is -0.451 e. The minimum absolute atomic E-state index is 0.178. The number of furan rings is 1. The molecule has 0 saturated carbocycles. The number of halogens is 2. The van der Waals surface area contributed by atoms with E-state index in [0.29, 0.717) is 23.0 Å². The molecule has 1 aliphatic heterocycles. The zero-order valence-corrected chi connectivity index (χ0v) is 15.9. The van der Waals surface area contributed by atoms with Crippen LogP contribution in [0.4, 0.5) is 0 Å². The van der Waals surface area contributed by atoms with Gasteiger partial charge in [-0.3, -0.25) is 4.79 Å². The molecule has 0 spiro atoms. The average Bonchev–Trinajstić information content (AvgIpc) is 3.06. The number of carbonyl (C=O) groups is 1. The number of sulfonamides is 1. The van der Waals surface area contributed by atoms with Crippen molar-refractivity contribution < 1.29 is 17.6 Å². The van der Waals surface area contributed by atoms with Crippen molar-refractivity contribution >= 4 is 39.1 Å². The average molecular weight is 403 g/mol. The van der Waals surface area contributed by atoms with Crippen molar-refractivity contribution in [3.63, 3.8) is 0 Å². The van der Waals surface area contributed by atoms with Gasteiger partial charge >= 0.3 is 0 Å². The molecule has 0 bridgehead atoms. The van der Waals surface area contributed by atoms with Gasteiger partial charge in [-0.1, -0.05) is 23.2 Å². The second-order valence-corrected chi connectivity index (χ2v) is 8.40. The predicted octanol–water partition coefficient (Wildman–Crippen LogP) is 3.25. The Morgan fingerprint density at radius 1 is 1.32 bits per heavy atom. The first-order valence-corrected chi connectivity index (χ1v) is 9.79. The van der Waals surface area contributed by atoms with Gasteiger partial charge in [0.25, 0.3) is 15.9 Å². The van der Waals surface area contributed by atoms with Gasteiger partial charge in [0.2, 0.25) is 5.09 Å². The van der Waals surface area contributed by atoms with Gasteiger partial charge in [0.15, 0.2) is 0 Å². The lowest BCUT2D eigenvalue weighted by Crippen LogP contribution is -2.38. The monoisotopic (exact) mass is 402 g/mol. The highest BCUT2D eigenvalue weighted by atomic mass is 35.5. The first-order chi connectivity index (χ1) is 11.7. The van der Waals surface area contributed by atoms with Crippen molar-refractivity contribution in [1.29, 1.82) is 0 Å². The lowest BCUT2D eigenvalue weighted by atomic mass is 9.93. The summed E-state index contributed by atoms with van der Waals surface area (Å²) in [5, 5.41) is 0.803. The normalized spacial score (nSPS) is 17.4. The number of hydrogen-bond acceptors (Lipinski definition) is 4. The number of nitrogens with one attached hydrogen (secondary N) is 1. The smallest absolute Gasteiger partial charge is 0.273 e. The molecule has 134 valence electrons. The molecule has 9 heteroatoms. The number of nitrogens with zero attached hydrogens (tertiary/aromatic N) is 1. The Labute approximate surface area is 155 Å². The zero-order chi connectivity index (χ0) is 18.4. The summed E-state index contributed by atoms with van der Waals surface area (Å²) in [4.78, 5) is 14.5. The fraction of sp³-hybridized carbons (Fsp3) is 0.312. The minimum atomic E-state index is -3.74. The summed E-state index contributed by atoms with van der Waals surface area (Å²) in [5.41, 5.74) is 2.05. The Morgan fingerprint density at radius 2 is 2.04 bits per heavy atom. The molecule has 3 rings (SSSR count). The van der Waals surface area contributed by atoms with Crippen molar-refractivity contribution in [2.45, 2.75) is 24.5 Å². The molecule has 1 aliphatic rings. The molecule has 1 aromatic heterocycles. The number of carbonyl (C=O) groups excluding carboxylic acids is 1. The van der Waals surface area contributed by atoms with Gasteiger partial charge in [0, 0.05) is 22.7 Å². The third kappa shape index (κ3) is 3.29. The van der Waals surface area contributed by atoms with Gasteiger partial charge in [0.05, 0.1) is 11.6 Å². The summed E-state index contributed by atoms with van der Waals surface area (Å²) < 4.78 is 30.7. The van der Waals surface area contributed by atoms with E-state index in [1.165, 1.54) is 13.1 Å². The quantitative estimate of drug-likeness (QED) is 0.853. The maximum atomic E-state index is 12.8. The molecular formula is C16H16Cl2N2O4S. The van der Waals surface area contributed by atoms with Crippen molar-refractivity contribution in [1.82, 2.24) is 9.62 Å². The molecule has 2 aromatic rings. The van der Waals surface area contributed by atoms with Crippen LogP contribution in [0.3, 0.4) is 0 Å². The van der Waals surface area contributed by atoms with Crippen LogP contribution < -0.4 is 4.72 Å². The van der Waals surface area contributed by atoms with Crippen LogP contribution in [0.25, 0.3) is 0 Å². The summed E-state index contributed by atoms with van der Waals surface area (Å²) in [7, 11) is -2.46. The molecule has 1 unspecified atom stereocenters. The Hall–Kier alpha value is -1.54. The number of fused-ring (bicyclic) bond motifs is 1.